The van der Waals surface area contributed by atoms with Crippen molar-refractivity contribution in [1.82, 2.24) is 5.32 Å². The zero-order valence-electron chi connectivity index (χ0n) is 19.3. The van der Waals surface area contributed by atoms with Crippen molar-refractivity contribution in [3.8, 4) is 5.75 Å². The summed E-state index contributed by atoms with van der Waals surface area (Å²) in [5, 5.41) is 18.3. The molecule has 5 rings (SSSR count). The van der Waals surface area contributed by atoms with Gasteiger partial charge in [-0.2, -0.15) is 0 Å². The van der Waals surface area contributed by atoms with Crippen LogP contribution in [0.25, 0.3) is 0 Å². The molecule has 1 aliphatic carbocycles. The highest BCUT2D eigenvalue weighted by Gasteiger charge is 2.46. The van der Waals surface area contributed by atoms with Crippen LogP contribution in [0.15, 0.2) is 42.5 Å². The number of hydrogen-bond acceptors (Lipinski definition) is 5. The number of rotatable bonds is 6. The van der Waals surface area contributed by atoms with Gasteiger partial charge in [0, 0.05) is 23.2 Å². The van der Waals surface area contributed by atoms with Gasteiger partial charge in [0.2, 0.25) is 5.91 Å². The van der Waals surface area contributed by atoms with Crippen LogP contribution < -0.4 is 20.7 Å². The second kappa shape index (κ2) is 10.2. The summed E-state index contributed by atoms with van der Waals surface area (Å²) in [6.45, 7) is -0.216. The molecule has 3 amide bonds. The quantitative estimate of drug-likeness (QED) is 0.498. The monoisotopic (exact) mass is 483 g/mol. The zero-order chi connectivity index (χ0) is 24.4. The molecule has 3 aliphatic rings. The van der Waals surface area contributed by atoms with Gasteiger partial charge in [-0.25, -0.2) is 9.18 Å². The van der Waals surface area contributed by atoms with E-state index in [1.54, 1.807) is 24.3 Å². The third kappa shape index (κ3) is 5.26. The molecule has 0 radical (unpaired) electrons. The number of anilines is 2. The highest BCUT2D eigenvalue weighted by molar-refractivity contribution is 5.99. The molecule has 35 heavy (non-hydrogen) atoms. The minimum absolute atomic E-state index is 0.0311. The van der Waals surface area contributed by atoms with Crippen LogP contribution in [0.3, 0.4) is 0 Å². The second-order valence-corrected chi connectivity index (χ2v) is 9.47. The largest absolute Gasteiger partial charge is 0.487 e. The Hall–Kier alpha value is -3.17. The Labute approximate surface area is 203 Å². The number of hydrogen-bond donors (Lipinski definition) is 4. The summed E-state index contributed by atoms with van der Waals surface area (Å²) in [5.41, 5.74) is 1.51. The Morgan fingerprint density at radius 2 is 1.89 bits per heavy atom. The summed E-state index contributed by atoms with van der Waals surface area (Å²) in [6, 6.07) is 10.9. The van der Waals surface area contributed by atoms with Crippen LogP contribution in [-0.4, -0.2) is 48.0 Å². The Morgan fingerprint density at radius 1 is 1.09 bits per heavy atom. The van der Waals surface area contributed by atoms with Gasteiger partial charge in [-0.15, -0.1) is 0 Å². The minimum atomic E-state index is -0.563. The fraction of sp³-hybridized carbons (Fsp3) is 0.462. The molecule has 9 heteroatoms. The average molecular weight is 484 g/mol. The molecule has 4 N–H and O–H groups in total. The lowest BCUT2D eigenvalue weighted by Crippen LogP contribution is -2.47. The first-order valence-corrected chi connectivity index (χ1v) is 12.2. The van der Waals surface area contributed by atoms with Crippen LogP contribution in [0.4, 0.5) is 20.6 Å². The molecule has 0 unspecified atom stereocenters. The lowest BCUT2D eigenvalue weighted by Gasteiger charge is -2.37. The number of amides is 3. The Morgan fingerprint density at radius 3 is 2.66 bits per heavy atom. The van der Waals surface area contributed by atoms with Crippen LogP contribution in [-0.2, 0) is 9.53 Å². The Balaban J connectivity index is 1.26. The molecule has 2 aromatic carbocycles. The summed E-state index contributed by atoms with van der Waals surface area (Å²) in [7, 11) is 0. The van der Waals surface area contributed by atoms with E-state index >= 15 is 0 Å². The Bertz CT molecular complexity index is 1090. The number of para-hydroxylation sites is 1. The van der Waals surface area contributed by atoms with Gasteiger partial charge in [0.1, 0.15) is 23.8 Å². The molecule has 4 atom stereocenters. The van der Waals surface area contributed by atoms with Crippen molar-refractivity contribution in [2.45, 2.75) is 68.8 Å². The van der Waals surface area contributed by atoms with E-state index in [2.05, 4.69) is 16.0 Å². The smallest absolute Gasteiger partial charge is 0.323 e. The van der Waals surface area contributed by atoms with Gasteiger partial charge in [0.15, 0.2) is 0 Å². The maximum absolute atomic E-state index is 13.8. The first-order valence-electron chi connectivity index (χ1n) is 12.2. The van der Waals surface area contributed by atoms with Gasteiger partial charge >= 0.3 is 6.03 Å². The Kier molecular flexibility index (Phi) is 6.88. The lowest BCUT2D eigenvalue weighted by molar-refractivity contribution is -0.142. The summed E-state index contributed by atoms with van der Waals surface area (Å²) in [5.74, 6) is 0.0271. The fourth-order valence-electron chi connectivity index (χ4n) is 5.38. The SMILES string of the molecule is O=C(C[C@H]1C[C@@H]2c3cc(NC(=O)Nc4ccccc4F)ccc3O[C@@H]2[C@@H](CO)O1)NC1CCCC1. The van der Waals surface area contributed by atoms with Crippen LogP contribution in [0.2, 0.25) is 0 Å². The number of aliphatic hydroxyl groups is 1. The highest BCUT2D eigenvalue weighted by Crippen LogP contribution is 2.47. The predicted octanol–water partition coefficient (Wildman–Crippen LogP) is 3.91. The molecule has 186 valence electrons. The van der Waals surface area contributed by atoms with Crippen LogP contribution in [0.1, 0.15) is 50.0 Å². The first-order chi connectivity index (χ1) is 17.0. The molecule has 2 aromatic rings. The normalized spacial score (nSPS) is 25.3. The van der Waals surface area contributed by atoms with Crippen LogP contribution in [0.5, 0.6) is 5.75 Å². The number of ether oxygens (including phenoxy) is 2. The number of benzene rings is 2. The van der Waals surface area contributed by atoms with E-state index in [1.807, 2.05) is 6.07 Å². The van der Waals surface area contributed by atoms with Gasteiger partial charge in [0.25, 0.3) is 0 Å². The number of carbonyl (C=O) groups is 2. The molecule has 0 spiro atoms. The van der Waals surface area contributed by atoms with Crippen molar-refractivity contribution < 1.29 is 28.6 Å². The van der Waals surface area contributed by atoms with Crippen molar-refractivity contribution in [3.63, 3.8) is 0 Å². The predicted molar refractivity (Wildman–Crippen MR) is 128 cm³/mol. The van der Waals surface area contributed by atoms with Crippen molar-refractivity contribution in [2.75, 3.05) is 17.2 Å². The molecule has 1 saturated heterocycles. The highest BCUT2D eigenvalue weighted by atomic mass is 19.1. The van der Waals surface area contributed by atoms with Gasteiger partial charge in [-0.05, 0) is 49.6 Å². The number of aliphatic hydroxyl groups excluding tert-OH is 1. The number of carbonyl (C=O) groups excluding carboxylic acids is 2. The summed E-state index contributed by atoms with van der Waals surface area (Å²) >= 11 is 0. The summed E-state index contributed by atoms with van der Waals surface area (Å²) < 4.78 is 26.0. The number of urea groups is 1. The molecule has 2 aliphatic heterocycles. The van der Waals surface area contributed by atoms with Crippen molar-refractivity contribution >= 4 is 23.3 Å². The van der Waals surface area contributed by atoms with Crippen molar-refractivity contribution in [1.29, 1.82) is 0 Å². The molecule has 2 fully saturated rings. The lowest BCUT2D eigenvalue weighted by atomic mass is 9.84. The molecular weight excluding hydrogens is 453 g/mol. The molecular formula is C26H30FN3O5. The fourth-order valence-corrected chi connectivity index (χ4v) is 5.38. The van der Waals surface area contributed by atoms with E-state index in [0.717, 1.165) is 31.2 Å². The van der Waals surface area contributed by atoms with E-state index < -0.39 is 18.0 Å². The van der Waals surface area contributed by atoms with Crippen LogP contribution in [0, 0.1) is 5.82 Å². The van der Waals surface area contributed by atoms with Gasteiger partial charge in [0.05, 0.1) is 24.8 Å². The number of nitrogens with one attached hydrogen (secondary N) is 3. The maximum Gasteiger partial charge on any atom is 0.323 e. The third-order valence-corrected chi connectivity index (χ3v) is 7.01. The van der Waals surface area contributed by atoms with Gasteiger partial charge < -0.3 is 30.5 Å². The molecule has 0 bridgehead atoms. The van der Waals surface area contributed by atoms with E-state index in [1.165, 1.54) is 12.1 Å². The number of fused-ring (bicyclic) bond motifs is 3. The van der Waals surface area contributed by atoms with E-state index in [4.69, 9.17) is 9.47 Å². The van der Waals surface area contributed by atoms with Gasteiger partial charge in [-0.3, -0.25) is 4.79 Å². The van der Waals surface area contributed by atoms with Crippen LogP contribution >= 0.6 is 0 Å². The average Bonchev–Trinajstić information content (AvgIpc) is 3.47. The maximum atomic E-state index is 13.8. The van der Waals surface area contributed by atoms with Crippen molar-refractivity contribution in [3.05, 3.63) is 53.8 Å². The zero-order valence-corrected chi connectivity index (χ0v) is 19.3. The molecule has 8 nitrogen and oxygen atoms in total. The topological polar surface area (TPSA) is 109 Å². The third-order valence-electron chi connectivity index (χ3n) is 7.01. The van der Waals surface area contributed by atoms with Gasteiger partial charge in [-0.1, -0.05) is 25.0 Å². The molecule has 0 aromatic heterocycles. The summed E-state index contributed by atoms with van der Waals surface area (Å²) in [4.78, 5) is 25.0. The molecule has 1 saturated carbocycles. The number of halogens is 1. The summed E-state index contributed by atoms with van der Waals surface area (Å²) in [6.07, 6.45) is 3.86. The minimum Gasteiger partial charge on any atom is -0.487 e. The van der Waals surface area contributed by atoms with E-state index in [0.29, 0.717) is 17.9 Å². The van der Waals surface area contributed by atoms with E-state index in [9.17, 15) is 19.1 Å². The molecule has 2 heterocycles. The van der Waals surface area contributed by atoms with E-state index in [-0.39, 0.29) is 48.8 Å². The second-order valence-electron chi connectivity index (χ2n) is 9.47. The first kappa shape index (κ1) is 23.6. The van der Waals surface area contributed by atoms with Crippen molar-refractivity contribution in [2.24, 2.45) is 0 Å². The standard InChI is InChI=1S/C26H30FN3O5/c27-20-7-3-4-8-21(20)30-26(33)29-16-9-10-22-18(11-16)19-12-17(34-23(14-31)25(19)35-22)13-24(32)28-15-5-1-2-6-15/h3-4,7-11,15,17,19,23,25,31H,1-2,5-6,12-14H2,(H,28,32)(H2,29,30,33)/t17-,19-,23-,25+/m1/s1.